The van der Waals surface area contributed by atoms with Gasteiger partial charge in [0.15, 0.2) is 0 Å². The number of benzene rings is 1. The molecule has 0 saturated carbocycles. The Morgan fingerprint density at radius 2 is 2.00 bits per heavy atom. The SMILES string of the molecule is Cc1ccc(CN2CCO[C@@H](Cc3ccc(F)cc3)C2)o1. The van der Waals surface area contributed by atoms with Crippen LogP contribution in [0.5, 0.6) is 0 Å². The molecule has 3 rings (SSSR count). The topological polar surface area (TPSA) is 25.6 Å². The molecular formula is C17H20FNO2. The van der Waals surface area contributed by atoms with Crippen molar-refractivity contribution in [3.8, 4) is 0 Å². The van der Waals surface area contributed by atoms with Crippen molar-refractivity contribution in [1.29, 1.82) is 0 Å². The van der Waals surface area contributed by atoms with Crippen molar-refractivity contribution < 1.29 is 13.5 Å². The molecule has 1 aromatic carbocycles. The Balaban J connectivity index is 1.56. The second kappa shape index (κ2) is 6.41. The Bertz CT molecular complexity index is 579. The Morgan fingerprint density at radius 3 is 2.71 bits per heavy atom. The van der Waals surface area contributed by atoms with Crippen LogP contribution in [0.1, 0.15) is 17.1 Å². The van der Waals surface area contributed by atoms with E-state index in [4.69, 9.17) is 9.15 Å². The summed E-state index contributed by atoms with van der Waals surface area (Å²) in [6, 6.07) is 10.7. The van der Waals surface area contributed by atoms with E-state index >= 15 is 0 Å². The standard InChI is InChI=1S/C17H20FNO2/c1-13-2-7-16(21-13)11-19-8-9-20-17(12-19)10-14-3-5-15(18)6-4-14/h2-7,17H,8-12H2,1H3/t17-/m0/s1. The monoisotopic (exact) mass is 289 g/mol. The minimum absolute atomic E-state index is 0.153. The first-order chi connectivity index (χ1) is 10.2. The molecule has 0 aliphatic carbocycles. The van der Waals surface area contributed by atoms with Gasteiger partial charge in [0.25, 0.3) is 0 Å². The summed E-state index contributed by atoms with van der Waals surface area (Å²) in [4.78, 5) is 2.34. The Labute approximate surface area is 124 Å². The van der Waals surface area contributed by atoms with Gasteiger partial charge in [0, 0.05) is 13.1 Å². The molecule has 0 spiro atoms. The molecule has 112 valence electrons. The molecule has 0 amide bonds. The molecule has 1 atom stereocenters. The van der Waals surface area contributed by atoms with Crippen molar-refractivity contribution in [2.45, 2.75) is 26.0 Å². The zero-order valence-electron chi connectivity index (χ0n) is 12.2. The number of hydrogen-bond donors (Lipinski definition) is 0. The molecule has 2 heterocycles. The van der Waals surface area contributed by atoms with Crippen molar-refractivity contribution in [3.63, 3.8) is 0 Å². The van der Waals surface area contributed by atoms with Gasteiger partial charge in [0.1, 0.15) is 17.3 Å². The first-order valence-corrected chi connectivity index (χ1v) is 7.33. The highest BCUT2D eigenvalue weighted by Gasteiger charge is 2.21. The molecule has 0 N–H and O–H groups in total. The molecular weight excluding hydrogens is 269 g/mol. The lowest BCUT2D eigenvalue weighted by atomic mass is 10.1. The minimum Gasteiger partial charge on any atom is -0.465 e. The van der Waals surface area contributed by atoms with Crippen molar-refractivity contribution >= 4 is 0 Å². The van der Waals surface area contributed by atoms with Crippen molar-refractivity contribution in [2.75, 3.05) is 19.7 Å². The van der Waals surface area contributed by atoms with Crippen LogP contribution in [0.3, 0.4) is 0 Å². The molecule has 0 unspecified atom stereocenters. The third-order valence-electron chi connectivity index (χ3n) is 3.77. The van der Waals surface area contributed by atoms with Gasteiger partial charge >= 0.3 is 0 Å². The number of rotatable bonds is 4. The average molecular weight is 289 g/mol. The molecule has 1 aromatic heterocycles. The third kappa shape index (κ3) is 3.93. The maximum absolute atomic E-state index is 12.9. The van der Waals surface area contributed by atoms with E-state index in [9.17, 15) is 4.39 Å². The van der Waals surface area contributed by atoms with Crippen LogP contribution in [-0.4, -0.2) is 30.7 Å². The van der Waals surface area contributed by atoms with Gasteiger partial charge in [-0.2, -0.15) is 0 Å². The van der Waals surface area contributed by atoms with Crippen molar-refractivity contribution in [1.82, 2.24) is 4.90 Å². The second-order valence-electron chi connectivity index (χ2n) is 5.57. The van der Waals surface area contributed by atoms with E-state index in [1.54, 1.807) is 0 Å². The number of furan rings is 1. The van der Waals surface area contributed by atoms with Gasteiger partial charge in [-0.1, -0.05) is 12.1 Å². The highest BCUT2D eigenvalue weighted by atomic mass is 19.1. The number of morpholine rings is 1. The van der Waals surface area contributed by atoms with E-state index in [1.807, 2.05) is 31.2 Å². The number of halogens is 1. The fraction of sp³-hybridized carbons (Fsp3) is 0.412. The highest BCUT2D eigenvalue weighted by molar-refractivity contribution is 5.17. The first-order valence-electron chi connectivity index (χ1n) is 7.33. The van der Waals surface area contributed by atoms with E-state index in [2.05, 4.69) is 4.90 Å². The van der Waals surface area contributed by atoms with Crippen LogP contribution in [-0.2, 0) is 17.7 Å². The quantitative estimate of drug-likeness (QED) is 0.864. The smallest absolute Gasteiger partial charge is 0.123 e. The Kier molecular flexibility index (Phi) is 4.36. The number of aryl methyl sites for hydroxylation is 1. The fourth-order valence-corrected chi connectivity index (χ4v) is 2.72. The molecule has 4 heteroatoms. The molecule has 1 aliphatic heterocycles. The molecule has 2 aromatic rings. The fourth-order valence-electron chi connectivity index (χ4n) is 2.72. The van der Waals surface area contributed by atoms with E-state index in [1.165, 1.54) is 12.1 Å². The molecule has 1 aliphatic rings. The minimum atomic E-state index is -0.196. The van der Waals surface area contributed by atoms with Gasteiger partial charge < -0.3 is 9.15 Å². The van der Waals surface area contributed by atoms with Crippen LogP contribution in [0.15, 0.2) is 40.8 Å². The number of ether oxygens (including phenoxy) is 1. The van der Waals surface area contributed by atoms with Crippen LogP contribution in [0.25, 0.3) is 0 Å². The normalized spacial score (nSPS) is 19.8. The molecule has 0 radical (unpaired) electrons. The molecule has 1 saturated heterocycles. The van der Waals surface area contributed by atoms with Crippen LogP contribution < -0.4 is 0 Å². The summed E-state index contributed by atoms with van der Waals surface area (Å²) in [7, 11) is 0. The van der Waals surface area contributed by atoms with E-state index in [-0.39, 0.29) is 11.9 Å². The molecule has 0 bridgehead atoms. The van der Waals surface area contributed by atoms with E-state index in [0.29, 0.717) is 0 Å². The first kappa shape index (κ1) is 14.3. The summed E-state index contributed by atoms with van der Waals surface area (Å²) in [5, 5.41) is 0. The average Bonchev–Trinajstić information content (AvgIpc) is 2.87. The Hall–Kier alpha value is -1.65. The summed E-state index contributed by atoms with van der Waals surface area (Å²) in [6.07, 6.45) is 0.966. The van der Waals surface area contributed by atoms with Crippen LogP contribution in [0.4, 0.5) is 4.39 Å². The number of hydrogen-bond acceptors (Lipinski definition) is 3. The van der Waals surface area contributed by atoms with Crippen LogP contribution in [0.2, 0.25) is 0 Å². The maximum atomic E-state index is 12.9. The summed E-state index contributed by atoms with van der Waals surface area (Å²) < 4.78 is 24.4. The summed E-state index contributed by atoms with van der Waals surface area (Å²) in [5.74, 6) is 1.74. The van der Waals surface area contributed by atoms with Gasteiger partial charge in [0.05, 0.1) is 19.3 Å². The maximum Gasteiger partial charge on any atom is 0.123 e. The molecule has 1 fully saturated rings. The second-order valence-corrected chi connectivity index (χ2v) is 5.57. The van der Waals surface area contributed by atoms with Gasteiger partial charge in [-0.3, -0.25) is 4.90 Å². The lowest BCUT2D eigenvalue weighted by molar-refractivity contribution is -0.0323. The number of nitrogens with zero attached hydrogens (tertiary/aromatic N) is 1. The Morgan fingerprint density at radius 1 is 1.19 bits per heavy atom. The lowest BCUT2D eigenvalue weighted by Gasteiger charge is -2.32. The largest absolute Gasteiger partial charge is 0.465 e. The summed E-state index contributed by atoms with van der Waals surface area (Å²) >= 11 is 0. The lowest BCUT2D eigenvalue weighted by Crippen LogP contribution is -2.42. The zero-order valence-corrected chi connectivity index (χ0v) is 12.2. The molecule has 3 nitrogen and oxygen atoms in total. The summed E-state index contributed by atoms with van der Waals surface area (Å²) in [6.45, 7) is 5.29. The highest BCUT2D eigenvalue weighted by Crippen LogP contribution is 2.16. The van der Waals surface area contributed by atoms with E-state index < -0.39 is 0 Å². The van der Waals surface area contributed by atoms with Crippen molar-refractivity contribution in [2.24, 2.45) is 0 Å². The van der Waals surface area contributed by atoms with Gasteiger partial charge in [0.2, 0.25) is 0 Å². The van der Waals surface area contributed by atoms with E-state index in [0.717, 1.165) is 49.7 Å². The summed E-state index contributed by atoms with van der Waals surface area (Å²) in [5.41, 5.74) is 1.11. The van der Waals surface area contributed by atoms with Crippen molar-refractivity contribution in [3.05, 3.63) is 59.3 Å². The van der Waals surface area contributed by atoms with Gasteiger partial charge in [-0.15, -0.1) is 0 Å². The predicted octanol–water partition coefficient (Wildman–Crippen LogP) is 3.17. The van der Waals surface area contributed by atoms with Gasteiger partial charge in [-0.25, -0.2) is 4.39 Å². The van der Waals surface area contributed by atoms with Crippen LogP contribution in [0, 0.1) is 12.7 Å². The van der Waals surface area contributed by atoms with Gasteiger partial charge in [-0.05, 0) is 43.2 Å². The third-order valence-corrected chi connectivity index (χ3v) is 3.77. The predicted molar refractivity (Wildman–Crippen MR) is 78.6 cm³/mol. The molecule has 21 heavy (non-hydrogen) atoms. The zero-order chi connectivity index (χ0) is 14.7. The van der Waals surface area contributed by atoms with Crippen LogP contribution >= 0.6 is 0 Å².